The molecule has 0 aliphatic carbocycles. The molecule has 0 bridgehead atoms. The quantitative estimate of drug-likeness (QED) is 0.732. The average Bonchev–Trinajstić information content (AvgIpc) is 2.54. The molecule has 0 radical (unpaired) electrons. The van der Waals surface area contributed by atoms with Gasteiger partial charge in [0.05, 0.1) is 23.4 Å². The van der Waals surface area contributed by atoms with Crippen LogP contribution in [0, 0.1) is 0 Å². The predicted molar refractivity (Wildman–Crippen MR) is 68.5 cm³/mol. The summed E-state index contributed by atoms with van der Waals surface area (Å²) in [6, 6.07) is 9.81. The standard InChI is InChI=1S/C14H11NO4/c16-7-9-11(17)6-5-8-13(9)19-12-4-2-1-3-10(12)15-14(8)18/h1-6,16-17H,7H2,(H,15,18). The van der Waals surface area contributed by atoms with E-state index in [1.165, 1.54) is 12.1 Å². The Hall–Kier alpha value is -2.53. The second-order valence-corrected chi connectivity index (χ2v) is 4.15. The molecule has 3 N–H and O–H groups in total. The zero-order valence-electron chi connectivity index (χ0n) is 9.88. The molecule has 96 valence electrons. The Morgan fingerprint density at radius 1 is 1.16 bits per heavy atom. The lowest BCUT2D eigenvalue weighted by Crippen LogP contribution is -2.10. The van der Waals surface area contributed by atoms with Gasteiger partial charge in [-0.3, -0.25) is 4.79 Å². The number of carbonyl (C=O) groups excluding carboxylic acids is 1. The van der Waals surface area contributed by atoms with E-state index in [2.05, 4.69) is 5.32 Å². The van der Waals surface area contributed by atoms with Gasteiger partial charge in [0, 0.05) is 0 Å². The third-order valence-electron chi connectivity index (χ3n) is 2.99. The molecule has 19 heavy (non-hydrogen) atoms. The van der Waals surface area contributed by atoms with Crippen LogP contribution in [0.2, 0.25) is 0 Å². The van der Waals surface area contributed by atoms with Crippen LogP contribution in [-0.2, 0) is 6.61 Å². The van der Waals surface area contributed by atoms with Crippen molar-refractivity contribution in [3.8, 4) is 17.2 Å². The summed E-state index contributed by atoms with van der Waals surface area (Å²) in [4.78, 5) is 12.1. The highest BCUT2D eigenvalue weighted by Gasteiger charge is 2.24. The van der Waals surface area contributed by atoms with Gasteiger partial charge in [0.2, 0.25) is 0 Å². The molecule has 0 aromatic heterocycles. The number of ether oxygens (including phenoxy) is 1. The number of aliphatic hydroxyl groups excluding tert-OH is 1. The summed E-state index contributed by atoms with van der Waals surface area (Å²) in [5, 5.41) is 21.8. The van der Waals surface area contributed by atoms with Gasteiger partial charge in [-0.1, -0.05) is 12.1 Å². The van der Waals surface area contributed by atoms with Crippen LogP contribution < -0.4 is 10.1 Å². The van der Waals surface area contributed by atoms with Crippen molar-refractivity contribution in [2.45, 2.75) is 6.61 Å². The maximum atomic E-state index is 12.1. The lowest BCUT2D eigenvalue weighted by Gasteiger charge is -2.12. The molecular weight excluding hydrogens is 246 g/mol. The molecule has 1 aliphatic rings. The third-order valence-corrected chi connectivity index (χ3v) is 2.99. The summed E-state index contributed by atoms with van der Waals surface area (Å²) in [7, 11) is 0. The van der Waals surface area contributed by atoms with Crippen molar-refractivity contribution in [1.82, 2.24) is 0 Å². The van der Waals surface area contributed by atoms with Gasteiger partial charge in [-0.25, -0.2) is 0 Å². The van der Waals surface area contributed by atoms with Gasteiger partial charge in [0.1, 0.15) is 11.5 Å². The molecule has 0 spiro atoms. The van der Waals surface area contributed by atoms with Gasteiger partial charge in [-0.2, -0.15) is 0 Å². The minimum atomic E-state index is -0.412. The number of para-hydroxylation sites is 2. The number of hydrogen-bond acceptors (Lipinski definition) is 4. The normalized spacial score (nSPS) is 12.8. The first kappa shape index (κ1) is 11.6. The van der Waals surface area contributed by atoms with Crippen LogP contribution in [0.3, 0.4) is 0 Å². The summed E-state index contributed by atoms with van der Waals surface area (Å²) in [5.41, 5.74) is 1.02. The van der Waals surface area contributed by atoms with Crippen LogP contribution in [0.5, 0.6) is 17.2 Å². The molecule has 0 fully saturated rings. The Bertz CT molecular complexity index is 666. The molecular formula is C14H11NO4. The Kier molecular flexibility index (Phi) is 2.61. The fraction of sp³-hybridized carbons (Fsp3) is 0.0714. The molecule has 2 aromatic rings. The van der Waals surface area contributed by atoms with E-state index in [0.717, 1.165) is 0 Å². The summed E-state index contributed by atoms with van der Waals surface area (Å²) in [6.07, 6.45) is 0. The molecule has 0 saturated carbocycles. The van der Waals surface area contributed by atoms with Gasteiger partial charge in [0.15, 0.2) is 5.75 Å². The lowest BCUT2D eigenvalue weighted by molar-refractivity contribution is 0.102. The first-order valence-corrected chi connectivity index (χ1v) is 5.74. The summed E-state index contributed by atoms with van der Waals surface area (Å²) in [5.74, 6) is 0.211. The van der Waals surface area contributed by atoms with Crippen molar-refractivity contribution in [2.75, 3.05) is 5.32 Å². The highest BCUT2D eigenvalue weighted by Crippen LogP contribution is 2.40. The maximum Gasteiger partial charge on any atom is 0.259 e. The number of hydrogen-bond donors (Lipinski definition) is 3. The number of rotatable bonds is 1. The number of carbonyl (C=O) groups is 1. The SMILES string of the molecule is O=C1Nc2ccccc2Oc2c1ccc(O)c2CO. The highest BCUT2D eigenvalue weighted by atomic mass is 16.5. The fourth-order valence-corrected chi connectivity index (χ4v) is 2.02. The largest absolute Gasteiger partial charge is 0.507 e. The summed E-state index contributed by atoms with van der Waals surface area (Å²) >= 11 is 0. The van der Waals surface area contributed by atoms with E-state index < -0.39 is 6.61 Å². The van der Waals surface area contributed by atoms with Crippen molar-refractivity contribution in [3.63, 3.8) is 0 Å². The van der Waals surface area contributed by atoms with Gasteiger partial charge in [0.25, 0.3) is 5.91 Å². The van der Waals surface area contributed by atoms with Crippen molar-refractivity contribution in [3.05, 3.63) is 47.5 Å². The minimum Gasteiger partial charge on any atom is -0.507 e. The zero-order valence-corrected chi connectivity index (χ0v) is 9.88. The van der Waals surface area contributed by atoms with Gasteiger partial charge < -0.3 is 20.3 Å². The van der Waals surface area contributed by atoms with E-state index in [1.807, 2.05) is 0 Å². The molecule has 0 atom stereocenters. The number of benzene rings is 2. The molecule has 2 aromatic carbocycles. The van der Waals surface area contributed by atoms with Gasteiger partial charge >= 0.3 is 0 Å². The van der Waals surface area contributed by atoms with Gasteiger partial charge in [-0.05, 0) is 24.3 Å². The second-order valence-electron chi connectivity index (χ2n) is 4.15. The summed E-state index contributed by atoms with van der Waals surface area (Å²) in [6.45, 7) is -0.412. The maximum absolute atomic E-state index is 12.1. The molecule has 1 aliphatic heterocycles. The van der Waals surface area contributed by atoms with Crippen molar-refractivity contribution >= 4 is 11.6 Å². The topological polar surface area (TPSA) is 78.8 Å². The monoisotopic (exact) mass is 257 g/mol. The smallest absolute Gasteiger partial charge is 0.259 e. The zero-order chi connectivity index (χ0) is 13.4. The fourth-order valence-electron chi connectivity index (χ4n) is 2.02. The average molecular weight is 257 g/mol. The summed E-state index contributed by atoms with van der Waals surface area (Å²) < 4.78 is 5.67. The Labute approximate surface area is 109 Å². The molecule has 0 unspecified atom stereocenters. The Morgan fingerprint density at radius 2 is 1.95 bits per heavy atom. The Balaban J connectivity index is 2.24. The first-order valence-electron chi connectivity index (χ1n) is 5.74. The number of aromatic hydroxyl groups is 1. The van der Waals surface area contributed by atoms with Crippen LogP contribution in [0.15, 0.2) is 36.4 Å². The number of nitrogens with one attached hydrogen (secondary N) is 1. The van der Waals surface area contributed by atoms with Crippen molar-refractivity contribution in [2.24, 2.45) is 0 Å². The van der Waals surface area contributed by atoms with Crippen LogP contribution in [0.1, 0.15) is 15.9 Å². The number of phenols is 1. The number of anilines is 1. The predicted octanol–water partition coefficient (Wildman–Crippen LogP) is 2.24. The van der Waals surface area contributed by atoms with Crippen LogP contribution >= 0.6 is 0 Å². The molecule has 5 heteroatoms. The van der Waals surface area contributed by atoms with Crippen LogP contribution in [0.4, 0.5) is 5.69 Å². The lowest BCUT2D eigenvalue weighted by atomic mass is 10.1. The number of aliphatic hydroxyl groups is 1. The van der Waals surface area contributed by atoms with Gasteiger partial charge in [-0.15, -0.1) is 0 Å². The minimum absolute atomic E-state index is 0.103. The highest BCUT2D eigenvalue weighted by molar-refractivity contribution is 6.08. The van der Waals surface area contributed by atoms with Crippen molar-refractivity contribution in [1.29, 1.82) is 0 Å². The third kappa shape index (κ3) is 1.80. The second kappa shape index (κ2) is 4.29. The number of amides is 1. The van der Waals surface area contributed by atoms with E-state index in [0.29, 0.717) is 11.4 Å². The molecule has 1 heterocycles. The van der Waals surface area contributed by atoms with E-state index >= 15 is 0 Å². The first-order chi connectivity index (χ1) is 9.20. The van der Waals surface area contributed by atoms with E-state index in [4.69, 9.17) is 4.74 Å². The Morgan fingerprint density at radius 3 is 2.74 bits per heavy atom. The van der Waals surface area contributed by atoms with Crippen molar-refractivity contribution < 1.29 is 19.7 Å². The van der Waals surface area contributed by atoms with E-state index in [-0.39, 0.29) is 28.5 Å². The molecule has 3 rings (SSSR count). The van der Waals surface area contributed by atoms with E-state index in [1.54, 1.807) is 24.3 Å². The molecule has 1 amide bonds. The van der Waals surface area contributed by atoms with Crippen LogP contribution in [0.25, 0.3) is 0 Å². The van der Waals surface area contributed by atoms with Crippen LogP contribution in [-0.4, -0.2) is 16.1 Å². The molecule has 0 saturated heterocycles. The molecule has 5 nitrogen and oxygen atoms in total. The number of fused-ring (bicyclic) bond motifs is 2. The van der Waals surface area contributed by atoms with E-state index in [9.17, 15) is 15.0 Å².